The summed E-state index contributed by atoms with van der Waals surface area (Å²) in [5.41, 5.74) is 0.859. The van der Waals surface area contributed by atoms with Crippen LogP contribution in [0.15, 0.2) is 59.1 Å². The fourth-order valence-corrected chi connectivity index (χ4v) is 2.73. The van der Waals surface area contributed by atoms with E-state index in [0.717, 1.165) is 5.56 Å². The first-order valence-electron chi connectivity index (χ1n) is 9.05. The monoisotopic (exact) mass is 381 g/mol. The molecular formula is C21H23N3O4. The maximum atomic E-state index is 12.8. The summed E-state index contributed by atoms with van der Waals surface area (Å²) < 4.78 is 16.5. The van der Waals surface area contributed by atoms with Gasteiger partial charge in [-0.2, -0.15) is 4.98 Å². The number of nitrogens with zero attached hydrogens (tertiary/aromatic N) is 3. The molecule has 0 bridgehead atoms. The van der Waals surface area contributed by atoms with Crippen LogP contribution in [-0.2, 0) is 11.3 Å². The van der Waals surface area contributed by atoms with E-state index in [1.807, 2.05) is 49.4 Å². The molecule has 3 rings (SSSR count). The van der Waals surface area contributed by atoms with Crippen molar-refractivity contribution in [2.24, 2.45) is 0 Å². The number of methoxy groups -OCH3 is 1. The molecule has 0 aliphatic heterocycles. The van der Waals surface area contributed by atoms with Crippen LogP contribution in [0.25, 0.3) is 11.4 Å². The van der Waals surface area contributed by atoms with Crippen LogP contribution < -0.4 is 9.47 Å². The van der Waals surface area contributed by atoms with Crippen LogP contribution in [0, 0.1) is 0 Å². The van der Waals surface area contributed by atoms with E-state index in [-0.39, 0.29) is 12.5 Å². The van der Waals surface area contributed by atoms with Gasteiger partial charge in [0.25, 0.3) is 5.91 Å². The molecule has 1 heterocycles. The maximum Gasteiger partial charge on any atom is 0.263 e. The van der Waals surface area contributed by atoms with Gasteiger partial charge in [0.1, 0.15) is 0 Å². The van der Waals surface area contributed by atoms with Gasteiger partial charge in [0.2, 0.25) is 11.7 Å². The number of amides is 1. The van der Waals surface area contributed by atoms with E-state index in [4.69, 9.17) is 14.0 Å². The highest BCUT2D eigenvalue weighted by Crippen LogP contribution is 2.27. The summed E-state index contributed by atoms with van der Waals surface area (Å²) in [6.07, 6.45) is -0.127. The number of carbonyl (C=O) groups excluding carboxylic acids is 1. The van der Waals surface area contributed by atoms with Crippen molar-refractivity contribution in [1.82, 2.24) is 15.0 Å². The van der Waals surface area contributed by atoms with Gasteiger partial charge in [0.15, 0.2) is 17.6 Å². The minimum atomic E-state index is -0.641. The maximum absolute atomic E-state index is 12.8. The van der Waals surface area contributed by atoms with Gasteiger partial charge >= 0.3 is 0 Å². The summed E-state index contributed by atoms with van der Waals surface area (Å²) >= 11 is 0. The molecule has 0 N–H and O–H groups in total. The lowest BCUT2D eigenvalue weighted by molar-refractivity contribution is -0.138. The molecule has 0 radical (unpaired) electrons. The molecular weight excluding hydrogens is 358 g/mol. The number of rotatable bonds is 8. The predicted molar refractivity (Wildman–Crippen MR) is 104 cm³/mol. The van der Waals surface area contributed by atoms with Gasteiger partial charge in [-0.3, -0.25) is 4.79 Å². The van der Waals surface area contributed by atoms with Crippen LogP contribution in [-0.4, -0.2) is 41.2 Å². The molecule has 0 fully saturated rings. The summed E-state index contributed by atoms with van der Waals surface area (Å²) in [7, 11) is 3.25. The van der Waals surface area contributed by atoms with Gasteiger partial charge in [-0.1, -0.05) is 54.5 Å². The summed E-state index contributed by atoms with van der Waals surface area (Å²) in [5.74, 6) is 1.80. The first kappa shape index (κ1) is 19.4. The Kier molecular flexibility index (Phi) is 6.26. The van der Waals surface area contributed by atoms with Crippen molar-refractivity contribution in [2.75, 3.05) is 14.2 Å². The van der Waals surface area contributed by atoms with Crippen molar-refractivity contribution in [2.45, 2.75) is 26.0 Å². The van der Waals surface area contributed by atoms with Gasteiger partial charge in [-0.05, 0) is 18.6 Å². The number of hydrogen-bond acceptors (Lipinski definition) is 6. The van der Waals surface area contributed by atoms with Crippen molar-refractivity contribution in [3.05, 3.63) is 60.5 Å². The normalized spacial score (nSPS) is 11.7. The Hall–Kier alpha value is -3.35. The fourth-order valence-electron chi connectivity index (χ4n) is 2.73. The predicted octanol–water partition coefficient (Wildman–Crippen LogP) is 3.56. The molecule has 1 atom stereocenters. The van der Waals surface area contributed by atoms with Crippen molar-refractivity contribution in [3.8, 4) is 22.9 Å². The molecule has 2 aromatic carbocycles. The molecule has 7 nitrogen and oxygen atoms in total. The topological polar surface area (TPSA) is 77.7 Å². The molecule has 0 aliphatic carbocycles. The standard InChI is InChI=1S/C21H23N3O4/c1-4-16(27-18-13-9-8-12-17(18)26-3)21(25)24(2)14-19-22-20(23-28-19)15-10-6-5-7-11-15/h5-13,16H,4,14H2,1-3H3/t16-/m0/s1. The number of aromatic nitrogens is 2. The molecule has 28 heavy (non-hydrogen) atoms. The van der Waals surface area contributed by atoms with Crippen LogP contribution >= 0.6 is 0 Å². The largest absolute Gasteiger partial charge is 0.493 e. The summed E-state index contributed by atoms with van der Waals surface area (Å²) in [5, 5.41) is 3.98. The average Bonchev–Trinajstić information content (AvgIpc) is 3.20. The summed E-state index contributed by atoms with van der Waals surface area (Å²) in [6.45, 7) is 2.09. The van der Waals surface area contributed by atoms with E-state index in [2.05, 4.69) is 10.1 Å². The number of carbonyl (C=O) groups is 1. The van der Waals surface area contributed by atoms with Crippen LogP contribution in [0.4, 0.5) is 0 Å². The van der Waals surface area contributed by atoms with Crippen LogP contribution in [0.5, 0.6) is 11.5 Å². The Labute approximate surface area is 163 Å². The molecule has 3 aromatic rings. The highest BCUT2D eigenvalue weighted by Gasteiger charge is 2.25. The SMILES string of the molecule is CC[C@H](Oc1ccccc1OC)C(=O)N(C)Cc1nc(-c2ccccc2)no1. The van der Waals surface area contributed by atoms with Crippen LogP contribution in [0.1, 0.15) is 19.2 Å². The third-order valence-electron chi connectivity index (χ3n) is 4.23. The molecule has 1 amide bonds. The molecule has 7 heteroatoms. The number of benzene rings is 2. The minimum absolute atomic E-state index is 0.173. The summed E-state index contributed by atoms with van der Waals surface area (Å²) in [4.78, 5) is 18.7. The van der Waals surface area contributed by atoms with Crippen molar-refractivity contribution in [3.63, 3.8) is 0 Å². The minimum Gasteiger partial charge on any atom is -0.493 e. The van der Waals surface area contributed by atoms with Crippen molar-refractivity contribution < 1.29 is 18.8 Å². The van der Waals surface area contributed by atoms with Gasteiger partial charge in [-0.15, -0.1) is 0 Å². The second-order valence-corrected chi connectivity index (χ2v) is 6.24. The Bertz CT molecular complexity index is 911. The second kappa shape index (κ2) is 9.03. The second-order valence-electron chi connectivity index (χ2n) is 6.24. The molecule has 0 unspecified atom stereocenters. The van der Waals surface area contributed by atoms with Gasteiger partial charge in [0, 0.05) is 12.6 Å². The molecule has 0 saturated carbocycles. The average molecular weight is 381 g/mol. The Morgan fingerprint density at radius 1 is 1.11 bits per heavy atom. The summed E-state index contributed by atoms with van der Waals surface area (Å²) in [6, 6.07) is 16.8. The molecule has 146 valence electrons. The lowest BCUT2D eigenvalue weighted by Gasteiger charge is -2.23. The Morgan fingerprint density at radius 2 is 1.79 bits per heavy atom. The fraction of sp³-hybridized carbons (Fsp3) is 0.286. The highest BCUT2D eigenvalue weighted by molar-refractivity contribution is 5.81. The molecule has 0 saturated heterocycles. The molecule has 0 aliphatic rings. The highest BCUT2D eigenvalue weighted by atomic mass is 16.5. The third-order valence-corrected chi connectivity index (χ3v) is 4.23. The Balaban J connectivity index is 1.67. The van der Waals surface area contributed by atoms with Crippen molar-refractivity contribution >= 4 is 5.91 Å². The smallest absolute Gasteiger partial charge is 0.263 e. The number of hydrogen-bond donors (Lipinski definition) is 0. The first-order chi connectivity index (χ1) is 13.6. The van der Waals surface area contributed by atoms with Gasteiger partial charge in [-0.25, -0.2) is 0 Å². The van der Waals surface area contributed by atoms with Gasteiger partial charge < -0.3 is 18.9 Å². The lowest BCUT2D eigenvalue weighted by Crippen LogP contribution is -2.39. The van der Waals surface area contributed by atoms with Gasteiger partial charge in [0.05, 0.1) is 13.7 Å². The van der Waals surface area contributed by atoms with E-state index < -0.39 is 6.10 Å². The zero-order valence-electron chi connectivity index (χ0n) is 16.2. The zero-order valence-corrected chi connectivity index (χ0v) is 16.2. The molecule has 1 aromatic heterocycles. The number of para-hydroxylation sites is 2. The molecule has 0 spiro atoms. The van der Waals surface area contributed by atoms with E-state index >= 15 is 0 Å². The van der Waals surface area contributed by atoms with E-state index in [1.165, 1.54) is 4.90 Å². The van der Waals surface area contributed by atoms with Crippen molar-refractivity contribution in [1.29, 1.82) is 0 Å². The van der Waals surface area contributed by atoms with E-state index in [9.17, 15) is 4.79 Å². The van der Waals surface area contributed by atoms with Crippen LogP contribution in [0.2, 0.25) is 0 Å². The zero-order chi connectivity index (χ0) is 19.9. The first-order valence-corrected chi connectivity index (χ1v) is 9.05. The Morgan fingerprint density at radius 3 is 2.46 bits per heavy atom. The lowest BCUT2D eigenvalue weighted by atomic mass is 10.2. The number of likely N-dealkylation sites (N-methyl/N-ethyl adjacent to an activating group) is 1. The van der Waals surface area contributed by atoms with E-state index in [0.29, 0.717) is 29.6 Å². The third kappa shape index (κ3) is 4.49. The quantitative estimate of drug-likeness (QED) is 0.594. The van der Waals surface area contributed by atoms with E-state index in [1.54, 1.807) is 26.3 Å². The van der Waals surface area contributed by atoms with Crippen LogP contribution in [0.3, 0.4) is 0 Å². The number of ether oxygens (including phenoxy) is 2.